The average Bonchev–Trinajstić information content (AvgIpc) is 2.18. The Kier molecular flexibility index (Phi) is 3.74. The van der Waals surface area contributed by atoms with Gasteiger partial charge in [-0.25, -0.2) is 18.6 Å². The summed E-state index contributed by atoms with van der Waals surface area (Å²) in [6.45, 7) is 0.0452. The molecule has 1 aromatic carbocycles. The third-order valence-electron chi connectivity index (χ3n) is 1.68. The minimum atomic E-state index is -0.682. The molecule has 0 heterocycles. The van der Waals surface area contributed by atoms with Crippen LogP contribution in [0.2, 0.25) is 5.02 Å². The zero-order chi connectivity index (χ0) is 10.6. The van der Waals surface area contributed by atoms with Gasteiger partial charge in [-0.15, -0.1) is 0 Å². The molecule has 74 valence electrons. The van der Waals surface area contributed by atoms with Gasteiger partial charge in [-0.1, -0.05) is 11.6 Å². The predicted molar refractivity (Wildman–Crippen MR) is 48.1 cm³/mol. The molecule has 0 saturated heterocycles. The summed E-state index contributed by atoms with van der Waals surface area (Å²) in [5.41, 5.74) is 0.0330. The van der Waals surface area contributed by atoms with Crippen LogP contribution in [0, 0.1) is 11.6 Å². The third-order valence-corrected chi connectivity index (χ3v) is 2.09. The topological polar surface area (TPSA) is 29.4 Å². The lowest BCUT2D eigenvalue weighted by molar-refractivity contribution is 0.561. The number of isocyanates is 1. The molecular formula is C9H6ClF2NO. The van der Waals surface area contributed by atoms with E-state index in [2.05, 4.69) is 4.99 Å². The Labute approximate surface area is 84.2 Å². The monoisotopic (exact) mass is 217 g/mol. The van der Waals surface area contributed by atoms with Crippen LogP contribution >= 0.6 is 11.6 Å². The van der Waals surface area contributed by atoms with Crippen LogP contribution in [0.15, 0.2) is 17.1 Å². The summed E-state index contributed by atoms with van der Waals surface area (Å²) >= 11 is 5.52. The zero-order valence-electron chi connectivity index (χ0n) is 7.06. The number of nitrogens with zero attached hydrogens (tertiary/aromatic N) is 1. The first kappa shape index (κ1) is 10.8. The van der Waals surface area contributed by atoms with E-state index in [9.17, 15) is 13.6 Å². The van der Waals surface area contributed by atoms with Gasteiger partial charge >= 0.3 is 0 Å². The minimum Gasteiger partial charge on any atom is -0.211 e. The zero-order valence-corrected chi connectivity index (χ0v) is 7.81. The first-order valence-corrected chi connectivity index (χ1v) is 4.20. The fraction of sp³-hybridized carbons (Fsp3) is 0.222. The molecule has 1 rings (SSSR count). The van der Waals surface area contributed by atoms with Crippen molar-refractivity contribution in [1.82, 2.24) is 0 Å². The molecule has 0 aromatic heterocycles. The summed E-state index contributed by atoms with van der Waals surface area (Å²) in [7, 11) is 0. The van der Waals surface area contributed by atoms with Crippen LogP contribution in [0.4, 0.5) is 8.78 Å². The van der Waals surface area contributed by atoms with Crippen LogP contribution in [0.1, 0.15) is 5.56 Å². The van der Waals surface area contributed by atoms with Gasteiger partial charge in [-0.3, -0.25) is 0 Å². The van der Waals surface area contributed by atoms with Crippen LogP contribution < -0.4 is 0 Å². The number of carbonyl (C=O) groups excluding carboxylic acids is 1. The number of benzene rings is 1. The van der Waals surface area contributed by atoms with Crippen LogP contribution in [-0.4, -0.2) is 12.6 Å². The van der Waals surface area contributed by atoms with Gasteiger partial charge in [0.1, 0.15) is 11.6 Å². The Hall–Kier alpha value is -1.25. The van der Waals surface area contributed by atoms with Crippen molar-refractivity contribution in [2.24, 2.45) is 4.99 Å². The first-order chi connectivity index (χ1) is 6.66. The molecule has 1 aromatic rings. The molecule has 0 spiro atoms. The van der Waals surface area contributed by atoms with Gasteiger partial charge in [-0.05, 0) is 18.6 Å². The quantitative estimate of drug-likeness (QED) is 0.435. The van der Waals surface area contributed by atoms with Gasteiger partial charge in [-0.2, -0.15) is 0 Å². The molecule has 14 heavy (non-hydrogen) atoms. The predicted octanol–water partition coefficient (Wildman–Crippen LogP) is 2.50. The smallest absolute Gasteiger partial charge is 0.211 e. The van der Waals surface area contributed by atoms with E-state index in [-0.39, 0.29) is 23.6 Å². The van der Waals surface area contributed by atoms with E-state index in [1.165, 1.54) is 6.08 Å². The summed E-state index contributed by atoms with van der Waals surface area (Å²) in [5, 5.41) is -0.258. The second-order valence-electron chi connectivity index (χ2n) is 2.54. The molecule has 0 amide bonds. The summed E-state index contributed by atoms with van der Waals surface area (Å²) < 4.78 is 25.9. The summed E-state index contributed by atoms with van der Waals surface area (Å²) in [5.74, 6) is -1.28. The maximum Gasteiger partial charge on any atom is 0.234 e. The Bertz CT molecular complexity index is 389. The van der Waals surface area contributed by atoms with Gasteiger partial charge in [0.25, 0.3) is 0 Å². The highest BCUT2D eigenvalue weighted by Crippen LogP contribution is 2.23. The highest BCUT2D eigenvalue weighted by Gasteiger charge is 2.10. The Morgan fingerprint density at radius 1 is 1.36 bits per heavy atom. The van der Waals surface area contributed by atoms with Crippen molar-refractivity contribution in [3.63, 3.8) is 0 Å². The van der Waals surface area contributed by atoms with Gasteiger partial charge in [0, 0.05) is 5.56 Å². The van der Waals surface area contributed by atoms with Crippen molar-refractivity contribution >= 4 is 17.7 Å². The van der Waals surface area contributed by atoms with Crippen molar-refractivity contribution in [1.29, 1.82) is 0 Å². The van der Waals surface area contributed by atoms with Crippen molar-refractivity contribution in [3.8, 4) is 0 Å². The van der Waals surface area contributed by atoms with Crippen molar-refractivity contribution in [2.75, 3.05) is 6.54 Å². The lowest BCUT2D eigenvalue weighted by Crippen LogP contribution is -1.97. The third kappa shape index (κ3) is 2.37. The van der Waals surface area contributed by atoms with Gasteiger partial charge < -0.3 is 0 Å². The molecule has 2 nitrogen and oxygen atoms in total. The number of hydrogen-bond donors (Lipinski definition) is 0. The standard InChI is InChI=1S/C9H6ClF2NO/c10-9-6(3-4-13-5-14)7(11)1-2-8(9)12/h1-2H,3-4H2. The van der Waals surface area contributed by atoms with E-state index in [1.54, 1.807) is 0 Å². The molecule has 0 atom stereocenters. The van der Waals surface area contributed by atoms with Crippen LogP contribution in [0.3, 0.4) is 0 Å². The molecule has 0 aliphatic carbocycles. The van der Waals surface area contributed by atoms with Crippen LogP contribution in [0.5, 0.6) is 0 Å². The Balaban J connectivity index is 2.94. The van der Waals surface area contributed by atoms with Crippen molar-refractivity contribution in [3.05, 3.63) is 34.4 Å². The van der Waals surface area contributed by atoms with E-state index in [1.807, 2.05) is 0 Å². The molecule has 0 saturated carbocycles. The highest BCUT2D eigenvalue weighted by molar-refractivity contribution is 6.31. The lowest BCUT2D eigenvalue weighted by Gasteiger charge is -2.03. The van der Waals surface area contributed by atoms with E-state index < -0.39 is 11.6 Å². The Morgan fingerprint density at radius 2 is 2.00 bits per heavy atom. The van der Waals surface area contributed by atoms with Crippen molar-refractivity contribution in [2.45, 2.75) is 6.42 Å². The molecule has 0 fully saturated rings. The molecule has 0 N–H and O–H groups in total. The molecule has 0 radical (unpaired) electrons. The number of halogens is 3. The van der Waals surface area contributed by atoms with Gasteiger partial charge in [0.15, 0.2) is 0 Å². The fourth-order valence-corrected chi connectivity index (χ4v) is 1.26. The summed E-state index contributed by atoms with van der Waals surface area (Å²) in [6.07, 6.45) is 1.39. The molecule has 0 aliphatic rings. The molecular weight excluding hydrogens is 212 g/mol. The SMILES string of the molecule is O=C=NCCc1c(F)ccc(F)c1Cl. The maximum atomic E-state index is 13.1. The van der Waals surface area contributed by atoms with Crippen molar-refractivity contribution < 1.29 is 13.6 Å². The number of aliphatic imine (C=N–C) groups is 1. The van der Waals surface area contributed by atoms with E-state index in [0.717, 1.165) is 12.1 Å². The normalized spacial score (nSPS) is 9.64. The minimum absolute atomic E-state index is 0.0330. The Morgan fingerprint density at radius 3 is 2.64 bits per heavy atom. The van der Waals surface area contributed by atoms with Gasteiger partial charge in [0.05, 0.1) is 11.6 Å². The fourth-order valence-electron chi connectivity index (χ4n) is 1.01. The molecule has 0 unspecified atom stereocenters. The van der Waals surface area contributed by atoms with E-state index >= 15 is 0 Å². The van der Waals surface area contributed by atoms with E-state index in [4.69, 9.17) is 11.6 Å². The average molecular weight is 218 g/mol. The largest absolute Gasteiger partial charge is 0.234 e. The summed E-state index contributed by atoms with van der Waals surface area (Å²) in [4.78, 5) is 13.0. The number of hydrogen-bond acceptors (Lipinski definition) is 2. The first-order valence-electron chi connectivity index (χ1n) is 3.83. The molecule has 5 heteroatoms. The maximum absolute atomic E-state index is 13.1. The van der Waals surface area contributed by atoms with Gasteiger partial charge in [0.2, 0.25) is 6.08 Å². The van der Waals surface area contributed by atoms with E-state index in [0.29, 0.717) is 0 Å². The second-order valence-corrected chi connectivity index (χ2v) is 2.92. The number of rotatable bonds is 3. The highest BCUT2D eigenvalue weighted by atomic mass is 35.5. The lowest BCUT2D eigenvalue weighted by atomic mass is 10.1. The molecule has 0 bridgehead atoms. The van der Waals surface area contributed by atoms with Crippen LogP contribution in [0.25, 0.3) is 0 Å². The second kappa shape index (κ2) is 4.84. The molecule has 0 aliphatic heterocycles. The summed E-state index contributed by atoms with van der Waals surface area (Å²) in [6, 6.07) is 1.94. The van der Waals surface area contributed by atoms with Crippen LogP contribution in [-0.2, 0) is 11.2 Å².